The van der Waals surface area contributed by atoms with Crippen molar-refractivity contribution in [2.75, 3.05) is 7.05 Å². The Balaban J connectivity index is 2.09. The fourth-order valence-corrected chi connectivity index (χ4v) is 2.20. The van der Waals surface area contributed by atoms with Crippen LogP contribution in [0.2, 0.25) is 0 Å². The topological polar surface area (TPSA) is 60.2 Å². The maximum atomic E-state index is 5.83. The van der Waals surface area contributed by atoms with Gasteiger partial charge in [-0.1, -0.05) is 24.2 Å². The van der Waals surface area contributed by atoms with Crippen molar-refractivity contribution in [1.82, 2.24) is 15.5 Å². The molecule has 0 aliphatic carbocycles. The van der Waals surface area contributed by atoms with Gasteiger partial charge >= 0.3 is 0 Å². The maximum Gasteiger partial charge on any atom is 0.264 e. The van der Waals surface area contributed by atoms with Gasteiger partial charge in [-0.15, -0.1) is 0 Å². The van der Waals surface area contributed by atoms with E-state index in [0.29, 0.717) is 18.3 Å². The van der Waals surface area contributed by atoms with Crippen molar-refractivity contribution in [1.29, 1.82) is 0 Å². The van der Waals surface area contributed by atoms with Crippen molar-refractivity contribution in [2.45, 2.75) is 40.3 Å². The number of aromatic nitrogens is 2. The summed E-state index contributed by atoms with van der Waals surface area (Å²) in [6.07, 6.45) is 0.764. The van der Waals surface area contributed by atoms with Gasteiger partial charge in [0.1, 0.15) is 5.75 Å². The van der Waals surface area contributed by atoms with E-state index in [2.05, 4.69) is 27.6 Å². The molecule has 0 fully saturated rings. The summed E-state index contributed by atoms with van der Waals surface area (Å²) >= 11 is 0. The minimum absolute atomic E-state index is 0.306. The molecule has 1 aromatic carbocycles. The van der Waals surface area contributed by atoms with Gasteiger partial charge in [0.25, 0.3) is 5.89 Å². The maximum absolute atomic E-state index is 5.83. The molecule has 0 saturated carbocycles. The fraction of sp³-hybridized carbons (Fsp3) is 0.467. The second-order valence-corrected chi connectivity index (χ2v) is 4.84. The summed E-state index contributed by atoms with van der Waals surface area (Å²) in [6.45, 7) is 7.25. The van der Waals surface area contributed by atoms with Crippen LogP contribution >= 0.6 is 0 Å². The molecule has 108 valence electrons. The molecule has 1 aromatic heterocycles. The molecule has 0 spiro atoms. The average molecular weight is 275 g/mol. The van der Waals surface area contributed by atoms with Gasteiger partial charge in [0.2, 0.25) is 0 Å². The third-order valence-corrected chi connectivity index (χ3v) is 3.07. The smallest absolute Gasteiger partial charge is 0.264 e. The Hall–Kier alpha value is -1.88. The molecule has 0 atom stereocenters. The summed E-state index contributed by atoms with van der Waals surface area (Å²) in [5, 5.41) is 7.01. The van der Waals surface area contributed by atoms with Crippen LogP contribution in [0.5, 0.6) is 5.75 Å². The number of hydrogen-bond acceptors (Lipinski definition) is 5. The lowest BCUT2D eigenvalue weighted by molar-refractivity contribution is 0.240. The normalized spacial score (nSPS) is 10.8. The van der Waals surface area contributed by atoms with Gasteiger partial charge in [0.05, 0.1) is 0 Å². The van der Waals surface area contributed by atoms with Crippen LogP contribution < -0.4 is 10.1 Å². The van der Waals surface area contributed by atoms with E-state index in [1.54, 1.807) is 0 Å². The zero-order chi connectivity index (χ0) is 14.5. The zero-order valence-electron chi connectivity index (χ0n) is 12.5. The summed E-state index contributed by atoms with van der Waals surface area (Å²) < 4.78 is 11.0. The van der Waals surface area contributed by atoms with E-state index in [-0.39, 0.29) is 0 Å². The highest BCUT2D eigenvalue weighted by Gasteiger charge is 2.10. The number of benzene rings is 1. The van der Waals surface area contributed by atoms with Crippen LogP contribution in [0.1, 0.15) is 35.3 Å². The number of nitrogens with zero attached hydrogens (tertiary/aromatic N) is 2. The molecule has 20 heavy (non-hydrogen) atoms. The van der Waals surface area contributed by atoms with Crippen molar-refractivity contribution < 1.29 is 9.26 Å². The summed E-state index contributed by atoms with van der Waals surface area (Å²) in [5.41, 5.74) is 3.48. The monoisotopic (exact) mass is 275 g/mol. The van der Waals surface area contributed by atoms with Gasteiger partial charge < -0.3 is 14.6 Å². The standard InChI is InChI=1S/C15H21N3O2/c1-5-13-17-14(20-18-13)9-19-15-10(2)6-12(8-16-4)7-11(15)3/h6-7,16H,5,8-9H2,1-4H3. The molecule has 5 nitrogen and oxygen atoms in total. The summed E-state index contributed by atoms with van der Waals surface area (Å²) in [4.78, 5) is 4.24. The molecule has 0 bridgehead atoms. The molecule has 0 aliphatic rings. The Morgan fingerprint density at radius 1 is 1.25 bits per heavy atom. The Kier molecular flexibility index (Phi) is 4.74. The SMILES string of the molecule is CCc1noc(COc2c(C)cc(CNC)cc2C)n1. The first-order valence-electron chi connectivity index (χ1n) is 6.83. The van der Waals surface area contributed by atoms with Crippen LogP contribution in [0.3, 0.4) is 0 Å². The van der Waals surface area contributed by atoms with Gasteiger partial charge in [-0.3, -0.25) is 0 Å². The van der Waals surface area contributed by atoms with Crippen LogP contribution in [-0.2, 0) is 19.6 Å². The van der Waals surface area contributed by atoms with E-state index in [1.807, 2.05) is 27.8 Å². The first-order valence-corrected chi connectivity index (χ1v) is 6.83. The predicted molar refractivity (Wildman–Crippen MR) is 76.7 cm³/mol. The quantitative estimate of drug-likeness (QED) is 0.878. The number of ether oxygens (including phenoxy) is 1. The number of aryl methyl sites for hydroxylation is 3. The van der Waals surface area contributed by atoms with Crippen LogP contribution in [-0.4, -0.2) is 17.2 Å². The second kappa shape index (κ2) is 6.52. The van der Waals surface area contributed by atoms with Crippen LogP contribution in [0.4, 0.5) is 0 Å². The molecule has 5 heteroatoms. The van der Waals surface area contributed by atoms with E-state index >= 15 is 0 Å². The van der Waals surface area contributed by atoms with Crippen LogP contribution in [0.25, 0.3) is 0 Å². The Morgan fingerprint density at radius 3 is 2.50 bits per heavy atom. The first-order chi connectivity index (χ1) is 9.63. The van der Waals surface area contributed by atoms with Crippen molar-refractivity contribution in [3.8, 4) is 5.75 Å². The second-order valence-electron chi connectivity index (χ2n) is 4.84. The van der Waals surface area contributed by atoms with Gasteiger partial charge in [0.15, 0.2) is 12.4 Å². The van der Waals surface area contributed by atoms with E-state index in [4.69, 9.17) is 9.26 Å². The molecule has 2 rings (SSSR count). The highest BCUT2D eigenvalue weighted by Crippen LogP contribution is 2.25. The lowest BCUT2D eigenvalue weighted by atomic mass is 10.1. The minimum atomic E-state index is 0.306. The molecule has 2 aromatic rings. The summed E-state index contributed by atoms with van der Waals surface area (Å²) in [5.74, 6) is 2.11. The third kappa shape index (κ3) is 3.36. The largest absolute Gasteiger partial charge is 0.483 e. The van der Waals surface area contributed by atoms with Crippen molar-refractivity contribution in [2.24, 2.45) is 0 Å². The van der Waals surface area contributed by atoms with E-state index in [1.165, 1.54) is 5.56 Å². The minimum Gasteiger partial charge on any atom is -0.483 e. The lowest BCUT2D eigenvalue weighted by Gasteiger charge is -2.12. The van der Waals surface area contributed by atoms with Gasteiger partial charge in [0, 0.05) is 13.0 Å². The van der Waals surface area contributed by atoms with E-state index in [0.717, 1.165) is 29.8 Å². The molecule has 1 N–H and O–H groups in total. The zero-order valence-corrected chi connectivity index (χ0v) is 12.5. The average Bonchev–Trinajstić information content (AvgIpc) is 2.86. The number of rotatable bonds is 6. The molecule has 0 radical (unpaired) electrons. The molecular weight excluding hydrogens is 254 g/mol. The van der Waals surface area contributed by atoms with E-state index in [9.17, 15) is 0 Å². The van der Waals surface area contributed by atoms with Crippen molar-refractivity contribution >= 4 is 0 Å². The summed E-state index contributed by atoms with van der Waals surface area (Å²) in [6, 6.07) is 4.26. The molecule has 0 unspecified atom stereocenters. The van der Waals surface area contributed by atoms with Crippen molar-refractivity contribution in [3.63, 3.8) is 0 Å². The third-order valence-electron chi connectivity index (χ3n) is 3.07. The Labute approximate surface area is 119 Å². The highest BCUT2D eigenvalue weighted by atomic mass is 16.5. The Bertz CT molecular complexity index is 555. The predicted octanol–water partition coefficient (Wildman–Crippen LogP) is 2.55. The number of hydrogen-bond donors (Lipinski definition) is 1. The lowest BCUT2D eigenvalue weighted by Crippen LogP contribution is -2.06. The van der Waals surface area contributed by atoms with Gasteiger partial charge in [-0.2, -0.15) is 4.98 Å². The molecule has 0 saturated heterocycles. The Morgan fingerprint density at radius 2 is 1.95 bits per heavy atom. The van der Waals surface area contributed by atoms with Crippen LogP contribution in [0.15, 0.2) is 16.7 Å². The van der Waals surface area contributed by atoms with Crippen molar-refractivity contribution in [3.05, 3.63) is 40.5 Å². The van der Waals surface area contributed by atoms with Gasteiger partial charge in [-0.25, -0.2) is 0 Å². The highest BCUT2D eigenvalue weighted by molar-refractivity contribution is 5.43. The molecule has 0 amide bonds. The molecule has 1 heterocycles. The number of nitrogens with one attached hydrogen (secondary N) is 1. The van der Waals surface area contributed by atoms with Gasteiger partial charge in [-0.05, 0) is 37.6 Å². The molecular formula is C15H21N3O2. The first kappa shape index (κ1) is 14.5. The fourth-order valence-electron chi connectivity index (χ4n) is 2.20. The van der Waals surface area contributed by atoms with E-state index < -0.39 is 0 Å². The summed E-state index contributed by atoms with van der Waals surface area (Å²) in [7, 11) is 1.94. The molecule has 0 aliphatic heterocycles. The van der Waals surface area contributed by atoms with Crippen LogP contribution in [0, 0.1) is 13.8 Å².